The van der Waals surface area contributed by atoms with Crippen LogP contribution in [0.2, 0.25) is 18.1 Å². The van der Waals surface area contributed by atoms with Crippen LogP contribution in [0.15, 0.2) is 0 Å². The molecule has 0 saturated carbocycles. The molecule has 5 heteroatoms. The summed E-state index contributed by atoms with van der Waals surface area (Å²) >= 11 is 5.83. The normalized spacial score (nSPS) is 16.5. The fourth-order valence-corrected chi connectivity index (χ4v) is 5.26. The number of hydrogen-bond donors (Lipinski definition) is 0. The minimum Gasteiger partial charge on any atom is -0.406 e. The molecule has 0 N–H and O–H groups in total. The van der Waals surface area contributed by atoms with E-state index in [4.69, 9.17) is 16.0 Å². The zero-order valence-electron chi connectivity index (χ0n) is 10.9. The van der Waals surface area contributed by atoms with Crippen molar-refractivity contribution in [1.82, 2.24) is 0 Å². The third-order valence-electron chi connectivity index (χ3n) is 3.06. The summed E-state index contributed by atoms with van der Waals surface area (Å²) in [4.78, 5) is 0. The Labute approximate surface area is 100 Å². The lowest BCUT2D eigenvalue weighted by molar-refractivity contribution is 0.268. The molecule has 0 aromatic carbocycles. The van der Waals surface area contributed by atoms with Gasteiger partial charge in [-0.25, -0.2) is 0 Å². The molecule has 0 aliphatic carbocycles. The lowest BCUT2D eigenvalue weighted by atomic mass is 10.2. The maximum atomic E-state index is 12.0. The highest BCUT2D eigenvalue weighted by molar-refractivity contribution is 7.63. The van der Waals surface area contributed by atoms with Gasteiger partial charge in [-0.2, -0.15) is 0 Å². The van der Waals surface area contributed by atoms with Crippen LogP contribution in [0.1, 0.15) is 20.8 Å². The Morgan fingerprint density at radius 1 is 1.33 bits per heavy atom. The van der Waals surface area contributed by atoms with Gasteiger partial charge in [-0.15, -0.1) is 11.6 Å². The fourth-order valence-electron chi connectivity index (χ4n) is 0.841. The highest BCUT2D eigenvalue weighted by Gasteiger charge is 2.41. The molecule has 0 spiro atoms. The van der Waals surface area contributed by atoms with Gasteiger partial charge in [0.15, 0.2) is 8.32 Å². The van der Waals surface area contributed by atoms with E-state index in [1.807, 2.05) is 0 Å². The van der Waals surface area contributed by atoms with Crippen LogP contribution in [0, 0.1) is 0 Å². The van der Waals surface area contributed by atoms with E-state index in [1.54, 1.807) is 13.3 Å². The number of hydrogen-bond acceptors (Lipinski definition) is 2. The van der Waals surface area contributed by atoms with Crippen LogP contribution in [-0.2, 0) is 8.99 Å². The van der Waals surface area contributed by atoms with Gasteiger partial charge in [-0.1, -0.05) is 20.8 Å². The summed E-state index contributed by atoms with van der Waals surface area (Å²) in [6.07, 6.45) is 0. The molecule has 0 amide bonds. The molecule has 0 saturated heterocycles. The number of alkyl halides is 1. The maximum absolute atomic E-state index is 12.0. The predicted molar refractivity (Wildman–Crippen MR) is 72.2 cm³/mol. The monoisotopic (exact) mass is 270 g/mol. The molecular formula is C10H24ClO2PSi. The van der Waals surface area contributed by atoms with E-state index in [0.717, 1.165) is 0 Å². The molecule has 2 nitrogen and oxygen atoms in total. The minimum atomic E-state index is -2.26. The van der Waals surface area contributed by atoms with E-state index in [2.05, 4.69) is 33.9 Å². The van der Waals surface area contributed by atoms with E-state index in [9.17, 15) is 4.57 Å². The van der Waals surface area contributed by atoms with Gasteiger partial charge in [-0.05, 0) is 31.5 Å². The van der Waals surface area contributed by atoms with Crippen LogP contribution >= 0.6 is 18.7 Å². The van der Waals surface area contributed by atoms with Crippen molar-refractivity contribution >= 4 is 27.1 Å². The molecule has 0 rings (SSSR count). The van der Waals surface area contributed by atoms with Crippen LogP contribution in [0.4, 0.5) is 0 Å². The molecule has 15 heavy (non-hydrogen) atoms. The molecule has 0 heterocycles. The van der Waals surface area contributed by atoms with Crippen molar-refractivity contribution in [1.29, 1.82) is 0 Å². The van der Waals surface area contributed by atoms with Gasteiger partial charge >= 0.3 is 0 Å². The summed E-state index contributed by atoms with van der Waals surface area (Å²) in [7, 11) is -4.12. The molecule has 0 fully saturated rings. The third kappa shape index (κ3) is 4.60. The zero-order valence-corrected chi connectivity index (χ0v) is 13.6. The van der Waals surface area contributed by atoms with Gasteiger partial charge in [-0.3, -0.25) is 0 Å². The van der Waals surface area contributed by atoms with Crippen molar-refractivity contribution in [3.8, 4) is 0 Å². The van der Waals surface area contributed by atoms with Crippen molar-refractivity contribution < 1.29 is 8.99 Å². The molecule has 0 aliphatic rings. The topological polar surface area (TPSA) is 26.3 Å². The van der Waals surface area contributed by atoms with E-state index in [1.165, 1.54) is 0 Å². The molecule has 92 valence electrons. The van der Waals surface area contributed by atoms with Crippen LogP contribution in [-0.4, -0.2) is 33.4 Å². The first-order valence-corrected chi connectivity index (χ1v) is 11.3. The Bertz CT molecular complexity index is 255. The van der Waals surface area contributed by atoms with Crippen molar-refractivity contribution in [2.45, 2.75) is 44.7 Å². The van der Waals surface area contributed by atoms with Gasteiger partial charge in [0.1, 0.15) is 13.0 Å². The molecule has 0 unspecified atom stereocenters. The summed E-state index contributed by atoms with van der Waals surface area (Å²) in [5.74, 6) is 0.0246. The summed E-state index contributed by atoms with van der Waals surface area (Å²) in [5, 5.41) is 0.131. The van der Waals surface area contributed by atoms with Crippen LogP contribution in [0.25, 0.3) is 0 Å². The van der Waals surface area contributed by atoms with E-state index < -0.39 is 15.5 Å². The summed E-state index contributed by atoms with van der Waals surface area (Å²) in [5.41, 5.74) is 0. The molecule has 0 aromatic heterocycles. The van der Waals surface area contributed by atoms with Crippen molar-refractivity contribution in [2.75, 3.05) is 19.2 Å². The van der Waals surface area contributed by atoms with Crippen molar-refractivity contribution in [3.05, 3.63) is 0 Å². The minimum absolute atomic E-state index is 0.131. The maximum Gasteiger partial charge on any atom is 0.193 e. The fraction of sp³-hybridized carbons (Fsp3) is 1.00. The second-order valence-corrected chi connectivity index (χ2v) is 14.4. The van der Waals surface area contributed by atoms with E-state index >= 15 is 0 Å². The van der Waals surface area contributed by atoms with E-state index in [-0.39, 0.29) is 10.9 Å². The first-order chi connectivity index (χ1) is 6.42. The largest absolute Gasteiger partial charge is 0.406 e. The summed E-state index contributed by atoms with van der Waals surface area (Å²) in [6, 6.07) is 0. The second-order valence-electron chi connectivity index (χ2n) is 5.92. The molecular weight excluding hydrogens is 247 g/mol. The van der Waals surface area contributed by atoms with Crippen LogP contribution in [0.3, 0.4) is 0 Å². The highest BCUT2D eigenvalue weighted by Crippen LogP contribution is 2.48. The summed E-state index contributed by atoms with van der Waals surface area (Å²) in [6.45, 7) is 14.3. The third-order valence-corrected chi connectivity index (χ3v) is 9.92. The summed E-state index contributed by atoms with van der Waals surface area (Å²) < 4.78 is 18.0. The van der Waals surface area contributed by atoms with Gasteiger partial charge in [0.2, 0.25) is 0 Å². The Hall–Kier alpha value is 0.697. The first kappa shape index (κ1) is 15.7. The van der Waals surface area contributed by atoms with Gasteiger partial charge in [0.25, 0.3) is 0 Å². The zero-order chi connectivity index (χ0) is 12.5. The average molecular weight is 271 g/mol. The standard InChI is InChI=1S/C10H24ClO2PSi/c1-10(2,3)15(6,7)13-9(8-11)14(4,5)12/h9H,8H2,1-7H3/t9-/m0/s1. The van der Waals surface area contributed by atoms with Crippen LogP contribution < -0.4 is 0 Å². The quantitative estimate of drug-likeness (QED) is 0.435. The van der Waals surface area contributed by atoms with Crippen molar-refractivity contribution in [2.24, 2.45) is 0 Å². The molecule has 0 radical (unpaired) electrons. The Morgan fingerprint density at radius 3 is 1.93 bits per heavy atom. The molecule has 1 atom stereocenters. The number of halogens is 1. The lowest BCUT2D eigenvalue weighted by Gasteiger charge is -2.39. The van der Waals surface area contributed by atoms with Gasteiger partial charge in [0, 0.05) is 0 Å². The smallest absolute Gasteiger partial charge is 0.193 e. The predicted octanol–water partition coefficient (Wildman–Crippen LogP) is 4.20. The first-order valence-electron chi connectivity index (χ1n) is 5.20. The molecule has 0 aliphatic heterocycles. The molecule has 0 bridgehead atoms. The lowest BCUT2D eigenvalue weighted by Crippen LogP contribution is -2.44. The van der Waals surface area contributed by atoms with Crippen LogP contribution in [0.5, 0.6) is 0 Å². The average Bonchev–Trinajstić information content (AvgIpc) is 1.95. The second kappa shape index (κ2) is 4.91. The highest BCUT2D eigenvalue weighted by atomic mass is 35.5. The number of rotatable bonds is 4. The Kier molecular flexibility index (Phi) is 5.14. The Morgan fingerprint density at radius 2 is 1.73 bits per heavy atom. The Balaban J connectivity index is 4.78. The van der Waals surface area contributed by atoms with E-state index in [0.29, 0.717) is 5.88 Å². The van der Waals surface area contributed by atoms with Gasteiger partial charge < -0.3 is 8.99 Å². The molecule has 0 aromatic rings. The van der Waals surface area contributed by atoms with Gasteiger partial charge in [0.05, 0.1) is 5.88 Å². The SMILES string of the molecule is CC(C)(C)[Si](C)(C)O[C@H](CCl)P(C)(C)=O. The van der Waals surface area contributed by atoms with Crippen molar-refractivity contribution in [3.63, 3.8) is 0 Å².